The van der Waals surface area contributed by atoms with Crippen molar-refractivity contribution >= 4 is 11.6 Å². The Hall–Kier alpha value is -2.63. The van der Waals surface area contributed by atoms with Crippen LogP contribution in [0.4, 0.5) is 5.69 Å². The Balaban J connectivity index is 1.27. The molecule has 2 aromatic rings. The van der Waals surface area contributed by atoms with E-state index in [1.807, 2.05) is 30.3 Å². The first-order valence-corrected chi connectivity index (χ1v) is 11.3. The fraction of sp³-hybridized carbons (Fsp3) is 0.542. The normalized spacial score (nSPS) is 18.3. The highest BCUT2D eigenvalue weighted by atomic mass is 16.1. The number of anilines is 1. The van der Waals surface area contributed by atoms with Gasteiger partial charge in [-0.3, -0.25) is 9.59 Å². The molecule has 6 heteroatoms. The molecule has 2 fully saturated rings. The number of nitrogens with one attached hydrogen (secondary N) is 1. The molecular formula is C24H32N4O2. The van der Waals surface area contributed by atoms with Gasteiger partial charge < -0.3 is 10.2 Å². The number of hydrogen-bond donors (Lipinski definition) is 1. The number of piperidine rings is 1. The molecule has 1 aliphatic heterocycles. The summed E-state index contributed by atoms with van der Waals surface area (Å²) in [5.41, 5.74) is 1.85. The lowest BCUT2D eigenvalue weighted by Gasteiger charge is -2.34. The fourth-order valence-corrected chi connectivity index (χ4v) is 4.69. The number of carbonyl (C=O) groups is 1. The number of rotatable bonds is 6. The molecule has 0 atom stereocenters. The fourth-order valence-electron chi connectivity index (χ4n) is 4.69. The molecule has 1 amide bonds. The van der Waals surface area contributed by atoms with Gasteiger partial charge in [0.05, 0.1) is 18.4 Å². The highest BCUT2D eigenvalue weighted by molar-refractivity contribution is 5.76. The highest BCUT2D eigenvalue weighted by Gasteiger charge is 2.23. The maximum atomic E-state index is 12.5. The minimum absolute atomic E-state index is 0.0840. The molecule has 1 saturated carbocycles. The lowest BCUT2D eigenvalue weighted by Crippen LogP contribution is -2.45. The molecule has 1 aliphatic carbocycles. The van der Waals surface area contributed by atoms with Crippen molar-refractivity contribution in [2.75, 3.05) is 18.0 Å². The Bertz CT molecular complexity index is 882. The molecule has 2 heterocycles. The molecule has 0 bridgehead atoms. The van der Waals surface area contributed by atoms with Crippen LogP contribution >= 0.6 is 0 Å². The molecular weight excluding hydrogens is 376 g/mol. The van der Waals surface area contributed by atoms with Crippen LogP contribution in [0.5, 0.6) is 0 Å². The predicted octanol–water partition coefficient (Wildman–Crippen LogP) is 3.35. The van der Waals surface area contributed by atoms with Crippen molar-refractivity contribution in [1.82, 2.24) is 15.1 Å². The summed E-state index contributed by atoms with van der Waals surface area (Å²) < 4.78 is 1.50. The second-order valence-corrected chi connectivity index (χ2v) is 8.73. The number of hydrogen-bond acceptors (Lipinski definition) is 4. The van der Waals surface area contributed by atoms with Crippen LogP contribution in [0, 0.1) is 5.92 Å². The van der Waals surface area contributed by atoms with Crippen LogP contribution in [0.25, 0.3) is 0 Å². The molecule has 1 N–H and O–H groups in total. The molecule has 160 valence electrons. The summed E-state index contributed by atoms with van der Waals surface area (Å²) in [6.45, 7) is 2.14. The lowest BCUT2D eigenvalue weighted by molar-refractivity contribution is -0.123. The van der Waals surface area contributed by atoms with Gasteiger partial charge in [-0.05, 0) is 37.2 Å². The molecule has 1 aromatic carbocycles. The average Bonchev–Trinajstić information content (AvgIpc) is 2.77. The molecule has 30 heavy (non-hydrogen) atoms. The standard InChI is InChI=1S/C24H32N4O2/c29-23(15-19-7-3-1-4-8-19)26-21-11-13-27(14-12-21)22-16-24(30)28(25-17-22)18-20-9-5-2-6-10-20/h2,5-6,9-10,16-17,19,21H,1,3-4,7-8,11-15,18H2,(H,26,29). The van der Waals surface area contributed by atoms with E-state index in [0.29, 0.717) is 18.9 Å². The monoisotopic (exact) mass is 408 g/mol. The van der Waals surface area contributed by atoms with E-state index >= 15 is 0 Å². The summed E-state index contributed by atoms with van der Waals surface area (Å²) in [7, 11) is 0. The van der Waals surface area contributed by atoms with Crippen molar-refractivity contribution in [3.63, 3.8) is 0 Å². The first kappa shape index (κ1) is 20.6. The van der Waals surface area contributed by atoms with Gasteiger partial charge in [0.2, 0.25) is 5.91 Å². The summed E-state index contributed by atoms with van der Waals surface area (Å²) in [5, 5.41) is 7.61. The van der Waals surface area contributed by atoms with Crippen LogP contribution in [0.15, 0.2) is 47.4 Å². The maximum Gasteiger partial charge on any atom is 0.269 e. The molecule has 0 radical (unpaired) electrons. The van der Waals surface area contributed by atoms with E-state index in [1.165, 1.54) is 36.8 Å². The van der Waals surface area contributed by atoms with E-state index in [1.54, 1.807) is 12.3 Å². The number of aromatic nitrogens is 2. The largest absolute Gasteiger partial charge is 0.370 e. The quantitative estimate of drug-likeness (QED) is 0.796. The van der Waals surface area contributed by atoms with Crippen molar-refractivity contribution in [3.8, 4) is 0 Å². The lowest BCUT2D eigenvalue weighted by atomic mass is 9.86. The minimum atomic E-state index is -0.0840. The Morgan fingerprint density at radius 2 is 1.77 bits per heavy atom. The van der Waals surface area contributed by atoms with E-state index in [-0.39, 0.29) is 17.5 Å². The SMILES string of the molecule is O=C(CC1CCCCC1)NC1CCN(c2cnn(Cc3ccccc3)c(=O)c2)CC1. The summed E-state index contributed by atoms with van der Waals surface area (Å²) in [5.74, 6) is 0.790. The molecule has 2 aliphatic rings. The van der Waals surface area contributed by atoms with Crippen LogP contribution in [-0.4, -0.2) is 34.8 Å². The zero-order valence-corrected chi connectivity index (χ0v) is 17.6. The summed E-state index contributed by atoms with van der Waals surface area (Å²) in [4.78, 5) is 27.1. The molecule has 4 rings (SSSR count). The van der Waals surface area contributed by atoms with Gasteiger partial charge in [0, 0.05) is 31.6 Å². The summed E-state index contributed by atoms with van der Waals surface area (Å²) >= 11 is 0. The number of nitrogens with zero attached hydrogens (tertiary/aromatic N) is 3. The van der Waals surface area contributed by atoms with Crippen molar-refractivity contribution < 1.29 is 4.79 Å². The first-order chi connectivity index (χ1) is 14.7. The van der Waals surface area contributed by atoms with Crippen LogP contribution in [0.3, 0.4) is 0 Å². The van der Waals surface area contributed by atoms with Crippen LogP contribution in [0.2, 0.25) is 0 Å². The minimum Gasteiger partial charge on any atom is -0.370 e. The number of amides is 1. The third-order valence-electron chi connectivity index (χ3n) is 6.45. The highest BCUT2D eigenvalue weighted by Crippen LogP contribution is 2.26. The molecule has 0 unspecified atom stereocenters. The molecule has 0 spiro atoms. The zero-order valence-electron chi connectivity index (χ0n) is 17.6. The van der Waals surface area contributed by atoms with Crippen LogP contribution < -0.4 is 15.8 Å². The Kier molecular flexibility index (Phi) is 6.82. The molecule has 1 aromatic heterocycles. The van der Waals surface area contributed by atoms with Crippen molar-refractivity contribution in [2.24, 2.45) is 5.92 Å². The van der Waals surface area contributed by atoms with E-state index in [2.05, 4.69) is 15.3 Å². The maximum absolute atomic E-state index is 12.5. The molecule has 1 saturated heterocycles. The second kappa shape index (κ2) is 9.92. The van der Waals surface area contributed by atoms with Gasteiger partial charge in [-0.2, -0.15) is 5.10 Å². The van der Waals surface area contributed by atoms with Gasteiger partial charge in [0.25, 0.3) is 5.56 Å². The van der Waals surface area contributed by atoms with Gasteiger partial charge in [0.15, 0.2) is 0 Å². The van der Waals surface area contributed by atoms with Crippen LogP contribution in [0.1, 0.15) is 56.9 Å². The average molecular weight is 409 g/mol. The zero-order chi connectivity index (χ0) is 20.8. The Morgan fingerprint density at radius 3 is 2.47 bits per heavy atom. The second-order valence-electron chi connectivity index (χ2n) is 8.73. The predicted molar refractivity (Wildman–Crippen MR) is 119 cm³/mol. The van der Waals surface area contributed by atoms with E-state index in [4.69, 9.17) is 0 Å². The van der Waals surface area contributed by atoms with E-state index in [0.717, 1.165) is 37.2 Å². The summed E-state index contributed by atoms with van der Waals surface area (Å²) in [6, 6.07) is 11.8. The van der Waals surface area contributed by atoms with E-state index < -0.39 is 0 Å². The molecule has 6 nitrogen and oxygen atoms in total. The summed E-state index contributed by atoms with van der Waals surface area (Å²) in [6.07, 6.45) is 10.6. The van der Waals surface area contributed by atoms with Crippen LogP contribution in [-0.2, 0) is 11.3 Å². The number of benzene rings is 1. The first-order valence-electron chi connectivity index (χ1n) is 11.3. The smallest absolute Gasteiger partial charge is 0.269 e. The Labute approximate surface area is 178 Å². The van der Waals surface area contributed by atoms with Crippen molar-refractivity contribution in [1.29, 1.82) is 0 Å². The van der Waals surface area contributed by atoms with Gasteiger partial charge in [-0.15, -0.1) is 0 Å². The van der Waals surface area contributed by atoms with E-state index in [9.17, 15) is 9.59 Å². The third kappa shape index (κ3) is 5.49. The van der Waals surface area contributed by atoms with Crippen molar-refractivity contribution in [3.05, 3.63) is 58.5 Å². The van der Waals surface area contributed by atoms with Gasteiger partial charge in [-0.1, -0.05) is 49.6 Å². The third-order valence-corrected chi connectivity index (χ3v) is 6.45. The van der Waals surface area contributed by atoms with Gasteiger partial charge >= 0.3 is 0 Å². The van der Waals surface area contributed by atoms with Gasteiger partial charge in [-0.25, -0.2) is 4.68 Å². The Morgan fingerprint density at radius 1 is 1.03 bits per heavy atom. The van der Waals surface area contributed by atoms with Gasteiger partial charge in [0.1, 0.15) is 0 Å². The van der Waals surface area contributed by atoms with Crippen molar-refractivity contribution in [2.45, 2.75) is 64.0 Å². The number of carbonyl (C=O) groups excluding carboxylic acids is 1. The topological polar surface area (TPSA) is 67.2 Å².